The second-order valence-electron chi connectivity index (χ2n) is 8.65. The number of halogens is 2. The summed E-state index contributed by atoms with van der Waals surface area (Å²) in [7, 11) is 1.55. The third-order valence-electron chi connectivity index (χ3n) is 6.46. The molecule has 9 heteroatoms. The quantitative estimate of drug-likeness (QED) is 0.331. The zero-order valence-electron chi connectivity index (χ0n) is 19.7. The Morgan fingerprint density at radius 3 is 2.51 bits per heavy atom. The minimum atomic E-state index is -0.828. The summed E-state index contributed by atoms with van der Waals surface area (Å²) in [4.78, 5) is 30.2. The van der Waals surface area contributed by atoms with E-state index in [2.05, 4.69) is 4.90 Å². The molecule has 0 bridgehead atoms. The van der Waals surface area contributed by atoms with Crippen molar-refractivity contribution in [3.8, 4) is 5.75 Å². The van der Waals surface area contributed by atoms with E-state index in [-0.39, 0.29) is 11.3 Å². The summed E-state index contributed by atoms with van der Waals surface area (Å²) < 4.78 is 10.7. The summed E-state index contributed by atoms with van der Waals surface area (Å²) in [6, 6.07) is 9.24. The normalized spacial score (nSPS) is 20.5. The van der Waals surface area contributed by atoms with Gasteiger partial charge in [-0.15, -0.1) is 0 Å². The summed E-state index contributed by atoms with van der Waals surface area (Å²) >= 11 is 12.6. The lowest BCUT2D eigenvalue weighted by atomic mass is 9.93. The van der Waals surface area contributed by atoms with Crippen molar-refractivity contribution in [2.45, 2.75) is 19.4 Å². The Morgan fingerprint density at radius 1 is 1.11 bits per heavy atom. The van der Waals surface area contributed by atoms with Gasteiger partial charge in [-0.25, -0.2) is 0 Å². The van der Waals surface area contributed by atoms with E-state index in [0.29, 0.717) is 58.7 Å². The van der Waals surface area contributed by atoms with Crippen molar-refractivity contribution >= 4 is 40.7 Å². The van der Waals surface area contributed by atoms with Gasteiger partial charge in [-0.2, -0.15) is 0 Å². The number of hydrogen-bond donors (Lipinski definition) is 1. The number of amides is 1. The molecule has 0 radical (unpaired) electrons. The molecule has 4 rings (SSSR count). The standard InChI is InChI=1S/C26H28Cl2N2O5/c1-16-14-18(34-2)5-7-19(16)24(31)22-23(20-6-4-17(27)15-21(20)28)30(26(33)25(22)32)9-3-8-29-10-12-35-13-11-29/h4-7,14-15,23,31H,3,8-13H2,1-2H3/t23-/m1/s1. The molecule has 0 aliphatic carbocycles. The molecule has 1 amide bonds. The van der Waals surface area contributed by atoms with Crippen LogP contribution in [0.5, 0.6) is 5.75 Å². The fourth-order valence-electron chi connectivity index (χ4n) is 4.62. The van der Waals surface area contributed by atoms with Gasteiger partial charge >= 0.3 is 0 Å². The molecule has 1 atom stereocenters. The number of aryl methyl sites for hydroxylation is 1. The molecule has 2 aromatic carbocycles. The average molecular weight is 519 g/mol. The molecule has 2 heterocycles. The van der Waals surface area contributed by atoms with Gasteiger partial charge in [0.1, 0.15) is 11.5 Å². The fraction of sp³-hybridized carbons (Fsp3) is 0.385. The number of benzene rings is 2. The van der Waals surface area contributed by atoms with Crippen molar-refractivity contribution in [3.63, 3.8) is 0 Å². The lowest BCUT2D eigenvalue weighted by Gasteiger charge is -2.29. The lowest BCUT2D eigenvalue weighted by Crippen LogP contribution is -2.39. The van der Waals surface area contributed by atoms with Crippen molar-refractivity contribution in [3.05, 3.63) is 68.7 Å². The largest absolute Gasteiger partial charge is 0.507 e. The van der Waals surface area contributed by atoms with Gasteiger partial charge in [0.25, 0.3) is 11.7 Å². The van der Waals surface area contributed by atoms with Gasteiger partial charge in [0.05, 0.1) is 31.9 Å². The van der Waals surface area contributed by atoms with Crippen LogP contribution in [-0.2, 0) is 14.3 Å². The number of morpholine rings is 1. The van der Waals surface area contributed by atoms with Crippen LogP contribution in [-0.4, -0.2) is 73.1 Å². The SMILES string of the molecule is COc1ccc(C(O)=C2C(=O)C(=O)N(CCCN3CCOCC3)[C@@H]2c2ccc(Cl)cc2Cl)c(C)c1. The predicted octanol–water partition coefficient (Wildman–Crippen LogP) is 4.45. The molecule has 0 unspecified atom stereocenters. The highest BCUT2D eigenvalue weighted by molar-refractivity contribution is 6.47. The van der Waals surface area contributed by atoms with Crippen molar-refractivity contribution in [1.82, 2.24) is 9.80 Å². The summed E-state index contributed by atoms with van der Waals surface area (Å²) in [6.07, 6.45) is 0.663. The molecular formula is C26H28Cl2N2O5. The van der Waals surface area contributed by atoms with Crippen molar-refractivity contribution < 1.29 is 24.2 Å². The van der Waals surface area contributed by atoms with E-state index in [1.165, 1.54) is 4.90 Å². The van der Waals surface area contributed by atoms with Crippen LogP contribution in [0, 0.1) is 6.92 Å². The van der Waals surface area contributed by atoms with Crippen molar-refractivity contribution in [2.75, 3.05) is 46.5 Å². The third-order valence-corrected chi connectivity index (χ3v) is 7.03. The van der Waals surface area contributed by atoms with E-state index in [4.69, 9.17) is 32.7 Å². The second-order valence-corrected chi connectivity index (χ2v) is 9.49. The van der Waals surface area contributed by atoms with Gasteiger partial charge < -0.3 is 19.5 Å². The highest BCUT2D eigenvalue weighted by Gasteiger charge is 2.46. The molecule has 7 nitrogen and oxygen atoms in total. The molecular weight excluding hydrogens is 491 g/mol. The molecule has 2 aliphatic rings. The Morgan fingerprint density at radius 2 is 1.86 bits per heavy atom. The molecule has 1 N–H and O–H groups in total. The first kappa shape index (κ1) is 25.5. The third kappa shape index (κ3) is 5.33. The number of ketones is 1. The summed E-state index contributed by atoms with van der Waals surface area (Å²) in [5.41, 5.74) is 1.71. The Kier molecular flexibility index (Phi) is 8.02. The molecule has 2 aromatic rings. The van der Waals surface area contributed by atoms with Gasteiger partial charge in [0.2, 0.25) is 0 Å². The van der Waals surface area contributed by atoms with Gasteiger partial charge in [0.15, 0.2) is 0 Å². The Labute approximate surface area is 214 Å². The first-order chi connectivity index (χ1) is 16.8. The number of ether oxygens (including phenoxy) is 2. The molecule has 2 saturated heterocycles. The number of rotatable bonds is 7. The van der Waals surface area contributed by atoms with Crippen LogP contribution in [0.1, 0.15) is 29.2 Å². The molecule has 35 heavy (non-hydrogen) atoms. The van der Waals surface area contributed by atoms with E-state index in [0.717, 1.165) is 19.6 Å². The number of carbonyl (C=O) groups excluding carboxylic acids is 2. The Bertz CT molecular complexity index is 1160. The van der Waals surface area contributed by atoms with E-state index in [1.54, 1.807) is 50.4 Å². The summed E-state index contributed by atoms with van der Waals surface area (Å²) in [5, 5.41) is 12.1. The van der Waals surface area contributed by atoms with E-state index in [9.17, 15) is 14.7 Å². The number of likely N-dealkylation sites (tertiary alicyclic amines) is 1. The van der Waals surface area contributed by atoms with Gasteiger partial charge in [0, 0.05) is 41.8 Å². The number of hydrogen-bond acceptors (Lipinski definition) is 6. The fourth-order valence-corrected chi connectivity index (χ4v) is 5.13. The van der Waals surface area contributed by atoms with Crippen LogP contribution in [0.4, 0.5) is 0 Å². The summed E-state index contributed by atoms with van der Waals surface area (Å²) in [5.74, 6) is -1.01. The highest BCUT2D eigenvalue weighted by Crippen LogP contribution is 2.43. The Hall–Kier alpha value is -2.58. The van der Waals surface area contributed by atoms with Crippen LogP contribution in [0.2, 0.25) is 10.0 Å². The van der Waals surface area contributed by atoms with Crippen molar-refractivity contribution in [1.29, 1.82) is 0 Å². The maximum absolute atomic E-state index is 13.3. The molecule has 186 valence electrons. The molecule has 2 aliphatic heterocycles. The number of aliphatic hydroxyl groups is 1. The second kappa shape index (κ2) is 11.0. The smallest absolute Gasteiger partial charge is 0.295 e. The number of methoxy groups -OCH3 is 1. The summed E-state index contributed by atoms with van der Waals surface area (Å²) in [6.45, 7) is 5.96. The first-order valence-corrected chi connectivity index (χ1v) is 12.3. The number of aliphatic hydroxyl groups excluding tert-OH is 1. The number of carbonyl (C=O) groups is 2. The Balaban J connectivity index is 1.73. The van der Waals surface area contributed by atoms with Crippen LogP contribution in [0.15, 0.2) is 42.0 Å². The zero-order valence-corrected chi connectivity index (χ0v) is 21.2. The van der Waals surface area contributed by atoms with Gasteiger partial charge in [-0.1, -0.05) is 29.3 Å². The maximum atomic E-state index is 13.3. The topological polar surface area (TPSA) is 79.3 Å². The molecule has 0 saturated carbocycles. The van der Waals surface area contributed by atoms with Gasteiger partial charge in [-0.05, 0) is 54.8 Å². The molecule has 0 spiro atoms. The maximum Gasteiger partial charge on any atom is 0.295 e. The van der Waals surface area contributed by atoms with E-state index in [1.807, 2.05) is 0 Å². The molecule has 0 aromatic heterocycles. The van der Waals surface area contributed by atoms with Gasteiger partial charge in [-0.3, -0.25) is 14.5 Å². The lowest BCUT2D eigenvalue weighted by molar-refractivity contribution is -0.140. The van der Waals surface area contributed by atoms with E-state index >= 15 is 0 Å². The van der Waals surface area contributed by atoms with Crippen molar-refractivity contribution in [2.24, 2.45) is 0 Å². The van der Waals surface area contributed by atoms with Crippen LogP contribution in [0.25, 0.3) is 5.76 Å². The number of nitrogens with zero attached hydrogens (tertiary/aromatic N) is 2. The minimum Gasteiger partial charge on any atom is -0.507 e. The predicted molar refractivity (Wildman–Crippen MR) is 135 cm³/mol. The first-order valence-electron chi connectivity index (χ1n) is 11.5. The number of Topliss-reactive ketones (excluding diaryl/α,β-unsaturated/α-hetero) is 1. The average Bonchev–Trinajstić information content (AvgIpc) is 3.09. The van der Waals surface area contributed by atoms with E-state index < -0.39 is 17.7 Å². The monoisotopic (exact) mass is 518 g/mol. The van der Waals surface area contributed by atoms with Crippen LogP contribution in [0.3, 0.4) is 0 Å². The zero-order chi connectivity index (χ0) is 25.1. The minimum absolute atomic E-state index is 0.0128. The highest BCUT2D eigenvalue weighted by atomic mass is 35.5. The molecule has 2 fully saturated rings. The van der Waals surface area contributed by atoms with Crippen LogP contribution >= 0.6 is 23.2 Å². The van der Waals surface area contributed by atoms with Crippen LogP contribution < -0.4 is 4.74 Å².